The Kier molecular flexibility index (Phi) is 39.6. The van der Waals surface area contributed by atoms with Crippen LogP contribution in [0.1, 0.15) is 267 Å². The summed E-state index contributed by atoms with van der Waals surface area (Å²) in [7, 11) is 0. The van der Waals surface area contributed by atoms with Crippen LogP contribution in [0, 0.1) is 23.7 Å². The lowest BCUT2D eigenvalue weighted by atomic mass is 9.94. The lowest BCUT2D eigenvalue weighted by Gasteiger charge is -2.38. The number of piperidine rings is 7. The van der Waals surface area contributed by atoms with Crippen LogP contribution in [0.5, 0.6) is 0 Å². The van der Waals surface area contributed by atoms with E-state index in [0.29, 0.717) is 0 Å². The fraction of sp³-hybridized carbons (Fsp3) is 1.00. The molecule has 72 heavy (non-hydrogen) atoms. The number of hydrogen-bond donors (Lipinski definition) is 0. The monoisotopic (exact) mass is 1020 g/mol. The van der Waals surface area contributed by atoms with Gasteiger partial charge < -0.3 is 24.5 Å². The molecule has 0 bridgehead atoms. The summed E-state index contributed by atoms with van der Waals surface area (Å²) in [6.45, 7) is 62.1. The predicted molar refractivity (Wildman–Crippen MR) is 325 cm³/mol. The first-order valence-corrected chi connectivity index (χ1v) is 32.4. The zero-order chi connectivity index (χ0) is 54.2. The number of likely N-dealkylation sites (tertiary alicyclic amines) is 7. The molecule has 0 aliphatic carbocycles. The molecule has 0 aromatic heterocycles. The molecule has 0 amide bonds. The minimum absolute atomic E-state index is 0.746. The quantitative estimate of drug-likeness (QED) is 0.215. The van der Waals surface area contributed by atoms with E-state index in [4.69, 9.17) is 0 Å². The normalized spacial score (nSPS) is 26.4. The molecule has 7 saturated heterocycles. The highest BCUT2D eigenvalue weighted by molar-refractivity contribution is 4.79. The predicted octanol–water partition coefficient (Wildman–Crippen LogP) is 16.1. The lowest BCUT2D eigenvalue weighted by Crippen LogP contribution is -2.43. The molecule has 0 spiro atoms. The van der Waals surface area contributed by atoms with Crippen LogP contribution in [0.3, 0.4) is 0 Å². The first kappa shape index (κ1) is 69.7. The van der Waals surface area contributed by atoms with Gasteiger partial charge in [0.15, 0.2) is 0 Å². The van der Waals surface area contributed by atoms with E-state index in [0.717, 1.165) is 78.0 Å². The van der Waals surface area contributed by atoms with E-state index in [1.54, 1.807) is 0 Å². The SMILES string of the molecule is CC(C)N1CCCCC1.CC(C)N1CCCCC1C.CC1CCCN(C(C)C)C1.CC1CCN(C(C)C)CC1.CCC1CCCCN1C(C)C.CCC1CCCN(C(C)C)C1.CCC1CCN(C(C)C)CC1. The molecule has 7 heterocycles. The molecule has 7 aliphatic heterocycles. The average molecular weight is 1020 g/mol. The molecule has 7 fully saturated rings. The van der Waals surface area contributed by atoms with Crippen LogP contribution < -0.4 is 0 Å². The van der Waals surface area contributed by atoms with Crippen molar-refractivity contribution in [2.75, 3.05) is 78.5 Å². The maximum atomic E-state index is 2.66. The molecule has 7 heteroatoms. The van der Waals surface area contributed by atoms with Gasteiger partial charge in [0, 0.05) is 67.5 Å². The molecule has 0 radical (unpaired) electrons. The van der Waals surface area contributed by atoms with Gasteiger partial charge in [0.2, 0.25) is 0 Å². The highest BCUT2D eigenvalue weighted by Crippen LogP contribution is 2.24. The second kappa shape index (κ2) is 40.9. The zero-order valence-corrected chi connectivity index (χ0v) is 53.3. The average Bonchev–Trinajstić information content (AvgIpc) is 3.38. The Labute approximate surface area is 455 Å². The van der Waals surface area contributed by atoms with Gasteiger partial charge in [0.05, 0.1) is 0 Å². The maximum Gasteiger partial charge on any atom is 0.00953 e. The molecular weight excluding hydrogens is 879 g/mol. The highest BCUT2D eigenvalue weighted by Gasteiger charge is 2.24. The van der Waals surface area contributed by atoms with Crippen LogP contribution in [-0.4, -0.2) is 167 Å². The molecule has 0 aromatic carbocycles. The zero-order valence-electron chi connectivity index (χ0n) is 53.3. The first-order chi connectivity index (χ1) is 34.1. The van der Waals surface area contributed by atoms with Crippen LogP contribution in [-0.2, 0) is 0 Å². The van der Waals surface area contributed by atoms with Crippen molar-refractivity contribution in [2.24, 2.45) is 23.7 Å². The van der Waals surface area contributed by atoms with Gasteiger partial charge in [-0.15, -0.1) is 0 Å². The second-order valence-corrected chi connectivity index (χ2v) is 26.4. The minimum atomic E-state index is 0.746. The van der Waals surface area contributed by atoms with Crippen LogP contribution in [0.4, 0.5) is 0 Å². The van der Waals surface area contributed by atoms with Crippen molar-refractivity contribution in [1.29, 1.82) is 0 Å². The van der Waals surface area contributed by atoms with E-state index < -0.39 is 0 Å². The molecule has 0 saturated carbocycles. The topological polar surface area (TPSA) is 22.7 Å². The van der Waals surface area contributed by atoms with Gasteiger partial charge in [-0.05, 0) is 289 Å². The fourth-order valence-electron chi connectivity index (χ4n) is 12.5. The van der Waals surface area contributed by atoms with Crippen molar-refractivity contribution in [3.8, 4) is 0 Å². The van der Waals surface area contributed by atoms with Crippen molar-refractivity contribution >= 4 is 0 Å². The summed E-state index contributed by atoms with van der Waals surface area (Å²) in [6.07, 6.45) is 28.2. The fourth-order valence-corrected chi connectivity index (χ4v) is 12.5. The third-order valence-electron chi connectivity index (χ3n) is 18.2. The Morgan fingerprint density at radius 2 is 0.694 bits per heavy atom. The van der Waals surface area contributed by atoms with Gasteiger partial charge in [0.1, 0.15) is 0 Å². The standard InChI is InChI=1S/3C10H21N.3C9H19N.C8H17N/c1-4-10-5-7-11(8-6-10)9(2)3;1-4-10-6-5-7-11(8-10)9(2)3;1-4-10-7-5-6-8-11(10)9(2)3;1-8(2)10-6-4-9(3)5-7-10;1-8(2)10-6-4-5-9(3)7-10;1-8(2)10-7-5-4-6-9(10)3;1-8(2)9-6-4-3-5-7-9/h3*9-10H,4-8H2,1-3H3;3*8-9H,4-7H2,1-3H3;8H,3-7H2,1-2H3. The van der Waals surface area contributed by atoms with Gasteiger partial charge in [-0.3, -0.25) is 9.80 Å². The molecule has 4 atom stereocenters. The molecule has 7 aliphatic rings. The maximum absolute atomic E-state index is 2.66. The Morgan fingerprint density at radius 3 is 1.07 bits per heavy atom. The van der Waals surface area contributed by atoms with E-state index in [1.165, 1.54) is 207 Å². The van der Waals surface area contributed by atoms with E-state index in [1.807, 2.05) is 0 Å². The van der Waals surface area contributed by atoms with Crippen molar-refractivity contribution in [3.05, 3.63) is 0 Å². The van der Waals surface area contributed by atoms with Crippen LogP contribution >= 0.6 is 0 Å². The third kappa shape index (κ3) is 30.6. The van der Waals surface area contributed by atoms with E-state index in [-0.39, 0.29) is 0 Å². The molecular formula is C65H137N7. The molecule has 0 N–H and O–H groups in total. The molecule has 7 rings (SSSR count). The smallest absolute Gasteiger partial charge is 0.00953 e. The van der Waals surface area contributed by atoms with Crippen molar-refractivity contribution in [3.63, 3.8) is 0 Å². The Morgan fingerprint density at radius 1 is 0.292 bits per heavy atom. The summed E-state index contributed by atoms with van der Waals surface area (Å²) in [6, 6.07) is 6.99. The Balaban J connectivity index is 0.000000420. The number of hydrogen-bond acceptors (Lipinski definition) is 7. The van der Waals surface area contributed by atoms with Gasteiger partial charge in [-0.2, -0.15) is 0 Å². The van der Waals surface area contributed by atoms with Crippen molar-refractivity contribution < 1.29 is 0 Å². The third-order valence-corrected chi connectivity index (χ3v) is 18.2. The van der Waals surface area contributed by atoms with Gasteiger partial charge in [-0.1, -0.05) is 66.7 Å². The summed E-state index contributed by atoms with van der Waals surface area (Å²) >= 11 is 0. The summed E-state index contributed by atoms with van der Waals surface area (Å²) in [5, 5.41) is 0. The van der Waals surface area contributed by atoms with E-state index in [9.17, 15) is 0 Å². The summed E-state index contributed by atoms with van der Waals surface area (Å²) in [5.41, 5.74) is 0. The summed E-state index contributed by atoms with van der Waals surface area (Å²) in [5.74, 6) is 3.89. The largest absolute Gasteiger partial charge is 0.301 e. The lowest BCUT2D eigenvalue weighted by molar-refractivity contribution is 0.109. The van der Waals surface area contributed by atoms with Crippen molar-refractivity contribution in [2.45, 2.75) is 321 Å². The molecule has 7 nitrogen and oxygen atoms in total. The Hall–Kier alpha value is -0.280. The summed E-state index contributed by atoms with van der Waals surface area (Å²) < 4.78 is 0. The number of nitrogens with zero attached hydrogens (tertiary/aromatic N) is 7. The van der Waals surface area contributed by atoms with E-state index >= 15 is 0 Å². The molecule has 432 valence electrons. The first-order valence-electron chi connectivity index (χ1n) is 32.4. The minimum Gasteiger partial charge on any atom is -0.301 e. The molecule has 0 aromatic rings. The van der Waals surface area contributed by atoms with Gasteiger partial charge in [0.25, 0.3) is 0 Å². The summed E-state index contributed by atoms with van der Waals surface area (Å²) in [4.78, 5) is 18.2. The second-order valence-electron chi connectivity index (χ2n) is 26.4. The van der Waals surface area contributed by atoms with Crippen LogP contribution in [0.15, 0.2) is 0 Å². The van der Waals surface area contributed by atoms with Crippen LogP contribution in [0.2, 0.25) is 0 Å². The number of rotatable bonds is 10. The highest BCUT2D eigenvalue weighted by atomic mass is 15.2. The Bertz CT molecular complexity index is 1200. The van der Waals surface area contributed by atoms with Gasteiger partial charge >= 0.3 is 0 Å². The van der Waals surface area contributed by atoms with Crippen molar-refractivity contribution in [1.82, 2.24) is 34.3 Å². The van der Waals surface area contributed by atoms with E-state index in [2.05, 4.69) is 173 Å². The van der Waals surface area contributed by atoms with Crippen LogP contribution in [0.25, 0.3) is 0 Å². The van der Waals surface area contributed by atoms with Gasteiger partial charge in [-0.25, -0.2) is 0 Å². The molecule has 4 unspecified atom stereocenters.